The Morgan fingerprint density at radius 1 is 0.969 bits per heavy atom. The summed E-state index contributed by atoms with van der Waals surface area (Å²) in [6.07, 6.45) is 4.30. The lowest BCUT2D eigenvalue weighted by molar-refractivity contribution is -0.226. The maximum Gasteiger partial charge on any atom is 0.336 e. The van der Waals surface area contributed by atoms with Gasteiger partial charge in [0, 0.05) is 66.3 Å². The van der Waals surface area contributed by atoms with E-state index in [2.05, 4.69) is 31.2 Å². The first-order chi connectivity index (χ1) is 30.7. The molecule has 3 amide bonds. The van der Waals surface area contributed by atoms with Crippen LogP contribution in [0.2, 0.25) is 0 Å². The third-order valence-electron chi connectivity index (χ3n) is 12.2. The van der Waals surface area contributed by atoms with Gasteiger partial charge in [-0.25, -0.2) is 9.48 Å². The summed E-state index contributed by atoms with van der Waals surface area (Å²) in [5.74, 6) is -2.66. The van der Waals surface area contributed by atoms with Gasteiger partial charge in [0.05, 0.1) is 23.9 Å². The van der Waals surface area contributed by atoms with E-state index in [1.165, 1.54) is 16.8 Å². The number of aliphatic carboxylic acids is 1. The minimum Gasteiger partial charge on any atom is -0.507 e. The number of nitrogens with zero attached hydrogens (tertiary/aromatic N) is 3. The largest absolute Gasteiger partial charge is 0.507 e. The summed E-state index contributed by atoms with van der Waals surface area (Å²) in [7, 11) is 0. The van der Waals surface area contributed by atoms with Gasteiger partial charge in [-0.15, -0.1) is 5.10 Å². The van der Waals surface area contributed by atoms with E-state index in [0.29, 0.717) is 22.3 Å². The molecule has 17 nitrogen and oxygen atoms in total. The molecule has 64 heavy (non-hydrogen) atoms. The molecule has 1 saturated carbocycles. The van der Waals surface area contributed by atoms with Gasteiger partial charge in [0.2, 0.25) is 5.91 Å². The highest BCUT2D eigenvalue weighted by Gasteiger charge is 2.54. The average Bonchev–Trinajstić information content (AvgIpc) is 3.97. The van der Waals surface area contributed by atoms with Crippen LogP contribution in [0.4, 0.5) is 0 Å². The third kappa shape index (κ3) is 10.7. The minimum absolute atomic E-state index is 0.0372. The first-order valence-electron chi connectivity index (χ1n) is 21.5. The van der Waals surface area contributed by atoms with Crippen LogP contribution in [0.3, 0.4) is 0 Å². The number of aromatic amines is 1. The number of carboxylic acids is 1. The average molecular weight is 878 g/mol. The number of carbonyl (C=O) groups excluding carboxylic acids is 3. The number of hydrogen-bond acceptors (Lipinski definition) is 11. The van der Waals surface area contributed by atoms with Gasteiger partial charge >= 0.3 is 5.97 Å². The number of phenolic OH excluding ortho intramolecular Hbond substituents is 1. The monoisotopic (exact) mass is 877 g/mol. The van der Waals surface area contributed by atoms with Crippen LogP contribution in [0.25, 0.3) is 17.0 Å². The zero-order valence-electron chi connectivity index (χ0n) is 35.7. The molecule has 6 atom stereocenters. The summed E-state index contributed by atoms with van der Waals surface area (Å²) < 4.78 is 7.57. The molecule has 2 aromatic heterocycles. The first-order valence-corrected chi connectivity index (χ1v) is 21.5. The molecule has 2 fully saturated rings. The molecule has 3 aromatic carbocycles. The molecule has 0 spiro atoms. The highest BCUT2D eigenvalue weighted by atomic mass is 16.6. The van der Waals surface area contributed by atoms with Crippen molar-refractivity contribution in [1.29, 1.82) is 0 Å². The van der Waals surface area contributed by atoms with E-state index in [9.17, 15) is 44.7 Å². The van der Waals surface area contributed by atoms with Crippen LogP contribution in [0.1, 0.15) is 99.5 Å². The van der Waals surface area contributed by atoms with E-state index < -0.39 is 66.8 Å². The number of amides is 3. The zero-order chi connectivity index (χ0) is 45.5. The number of aliphatic hydroxyl groups excluding tert-OH is 3. The number of carboxylic acid groups (broad SMARTS) is 1. The number of phenols is 1. The molecule has 9 N–H and O–H groups in total. The third-order valence-corrected chi connectivity index (χ3v) is 12.2. The number of nitrogens with one attached hydrogen (secondary N) is 4. The summed E-state index contributed by atoms with van der Waals surface area (Å²) in [6.45, 7) is 2.67. The lowest BCUT2D eigenvalue weighted by atomic mass is 9.81. The number of H-pyrrole nitrogens is 1. The summed E-state index contributed by atoms with van der Waals surface area (Å²) in [5, 5.41) is 72.8. The molecule has 3 heterocycles. The van der Waals surface area contributed by atoms with Gasteiger partial charge in [-0.2, -0.15) is 0 Å². The van der Waals surface area contributed by atoms with Gasteiger partial charge in [0.25, 0.3) is 11.8 Å². The number of aliphatic hydroxyl groups is 3. The van der Waals surface area contributed by atoms with Crippen molar-refractivity contribution in [3.8, 4) is 5.75 Å². The Bertz CT molecular complexity index is 2490. The molecule has 1 saturated heterocycles. The van der Waals surface area contributed by atoms with Gasteiger partial charge in [0.1, 0.15) is 24.5 Å². The number of rotatable bonds is 16. The van der Waals surface area contributed by atoms with Crippen molar-refractivity contribution < 1.29 is 49.4 Å². The van der Waals surface area contributed by atoms with Crippen molar-refractivity contribution in [2.75, 3.05) is 6.54 Å². The minimum atomic E-state index is -2.13. The summed E-state index contributed by atoms with van der Waals surface area (Å²) in [4.78, 5) is 55.7. The molecule has 1 aliphatic carbocycles. The Kier molecular flexibility index (Phi) is 14.2. The van der Waals surface area contributed by atoms with Crippen LogP contribution in [0, 0.1) is 13.8 Å². The second kappa shape index (κ2) is 20.0. The highest BCUT2D eigenvalue weighted by Crippen LogP contribution is 2.36. The normalized spacial score (nSPS) is 21.4. The Balaban J connectivity index is 1.05. The number of aromatic nitrogens is 4. The molecule has 17 heteroatoms. The molecule has 2 aliphatic rings. The van der Waals surface area contributed by atoms with Crippen LogP contribution in [0.5, 0.6) is 5.75 Å². The SMILES string of the molecule is Cc1cc(C(=O)NC[C@@H](O)[C@@H](O)[C@@H]2O[C@@](C/C=C/c3cccc(CNC(=O)c4ccc5[nH]ccc5c4)c3)(C(=O)O)C[C@H](O)C2NC(=O)Cn2cc(C3CCCCC3)nn2)cc(C)c1O. The number of hydrogen-bond donors (Lipinski definition) is 9. The Labute approximate surface area is 369 Å². The van der Waals surface area contributed by atoms with E-state index in [-0.39, 0.29) is 42.6 Å². The number of ether oxygens (including phenoxy) is 1. The number of aryl methyl sites for hydroxylation is 2. The van der Waals surface area contributed by atoms with Crippen LogP contribution in [-0.2, 0) is 27.4 Å². The van der Waals surface area contributed by atoms with Crippen molar-refractivity contribution in [2.24, 2.45) is 0 Å². The highest BCUT2D eigenvalue weighted by molar-refractivity contribution is 5.98. The quantitative estimate of drug-likeness (QED) is 0.0687. The lowest BCUT2D eigenvalue weighted by Crippen LogP contribution is -2.67. The van der Waals surface area contributed by atoms with Gasteiger partial charge < -0.3 is 51.2 Å². The molecule has 7 rings (SSSR count). The van der Waals surface area contributed by atoms with E-state index in [1.54, 1.807) is 62.7 Å². The fourth-order valence-electron chi connectivity index (χ4n) is 8.63. The van der Waals surface area contributed by atoms with Gasteiger partial charge in [-0.1, -0.05) is 54.8 Å². The summed E-state index contributed by atoms with van der Waals surface area (Å²) in [6, 6.07) is 16.0. The van der Waals surface area contributed by atoms with Crippen LogP contribution in [-0.4, -0.2) is 112 Å². The van der Waals surface area contributed by atoms with Gasteiger partial charge in [-0.05, 0) is 91.4 Å². The van der Waals surface area contributed by atoms with Crippen LogP contribution >= 0.6 is 0 Å². The Morgan fingerprint density at radius 3 is 2.47 bits per heavy atom. The number of carbonyl (C=O) groups is 4. The summed E-state index contributed by atoms with van der Waals surface area (Å²) in [5.41, 5.74) is 2.67. The topological polar surface area (TPSA) is 261 Å². The van der Waals surface area contributed by atoms with Crippen molar-refractivity contribution in [2.45, 2.75) is 114 Å². The Morgan fingerprint density at radius 2 is 1.72 bits per heavy atom. The number of aromatic hydroxyl groups is 1. The second-order valence-corrected chi connectivity index (χ2v) is 17.0. The zero-order valence-corrected chi connectivity index (χ0v) is 35.7. The van der Waals surface area contributed by atoms with Crippen molar-refractivity contribution in [1.82, 2.24) is 35.9 Å². The van der Waals surface area contributed by atoms with E-state index in [1.807, 2.05) is 24.3 Å². The maximum atomic E-state index is 13.5. The van der Waals surface area contributed by atoms with Gasteiger partial charge in [0.15, 0.2) is 5.60 Å². The van der Waals surface area contributed by atoms with Gasteiger partial charge in [-0.3, -0.25) is 14.4 Å². The smallest absolute Gasteiger partial charge is 0.336 e. The predicted octanol–water partition coefficient (Wildman–Crippen LogP) is 3.77. The molecule has 1 unspecified atom stereocenters. The van der Waals surface area contributed by atoms with Crippen LogP contribution < -0.4 is 16.0 Å². The fraction of sp³-hybridized carbons (Fsp3) is 0.404. The van der Waals surface area contributed by atoms with E-state index in [4.69, 9.17) is 4.74 Å². The lowest BCUT2D eigenvalue weighted by Gasteiger charge is -2.47. The number of benzene rings is 3. The van der Waals surface area contributed by atoms with Crippen LogP contribution in [0.15, 0.2) is 79.1 Å². The molecular formula is C47H55N7O10. The van der Waals surface area contributed by atoms with Crippen molar-refractivity contribution in [3.63, 3.8) is 0 Å². The fourth-order valence-corrected chi connectivity index (χ4v) is 8.63. The molecule has 1 aliphatic heterocycles. The van der Waals surface area contributed by atoms with Crippen molar-refractivity contribution >= 4 is 40.7 Å². The maximum absolute atomic E-state index is 13.5. The first kappa shape index (κ1) is 45.6. The standard InChI is InChI=1S/C47H55N7O10/c1-27-18-34(19-28(2)41(27)58)45(61)50-24-38(56)42(59)43-40(51-39(57)26-54-25-36(52-53-54)31-11-4-3-5-12-31)37(55)22-47(64-43,46(62)63)16-7-10-29-8-6-9-30(20-29)23-49-44(60)33-13-14-35-32(21-33)15-17-48-35/h6-10,13-15,17-21,25,31,37-38,40,42-43,48,55-56,58-59H,3-5,11-12,16,22-24,26H2,1-2H3,(H,49,60)(H,50,61)(H,51,57)(H,62,63)/b10-7+/t37-,38+,40?,42+,43+,47+/m0/s1. The molecule has 0 bridgehead atoms. The molecular weight excluding hydrogens is 823 g/mol. The predicted molar refractivity (Wildman–Crippen MR) is 235 cm³/mol. The Hall–Kier alpha value is -6.40. The van der Waals surface area contributed by atoms with E-state index in [0.717, 1.165) is 54.3 Å². The van der Waals surface area contributed by atoms with E-state index >= 15 is 0 Å². The summed E-state index contributed by atoms with van der Waals surface area (Å²) >= 11 is 0. The molecule has 338 valence electrons. The number of fused-ring (bicyclic) bond motifs is 1. The second-order valence-electron chi connectivity index (χ2n) is 17.0. The molecule has 0 radical (unpaired) electrons. The molecule has 5 aromatic rings. The van der Waals surface area contributed by atoms with Crippen molar-refractivity contribution in [3.05, 3.63) is 118 Å².